The fraction of sp³-hybridized carbons (Fsp3) is 0.360. The number of nitrogens with one attached hydrogen (secondary N) is 1. The Labute approximate surface area is 163 Å². The maximum absolute atomic E-state index is 6.23. The van der Waals surface area contributed by atoms with Gasteiger partial charge >= 0.3 is 0 Å². The first-order valence-electron chi connectivity index (χ1n) is 10.2. The molecule has 2 heteroatoms. The summed E-state index contributed by atoms with van der Waals surface area (Å²) in [4.78, 5) is 0. The summed E-state index contributed by atoms with van der Waals surface area (Å²) < 4.78 is 6.23. The largest absolute Gasteiger partial charge is 0.489 e. The van der Waals surface area contributed by atoms with Crippen molar-refractivity contribution >= 4 is 10.8 Å². The number of unbranched alkanes of at least 4 members (excludes halogenated alkanes) is 3. The average molecular weight is 362 g/mol. The summed E-state index contributed by atoms with van der Waals surface area (Å²) in [5, 5.41) is 6.16. The summed E-state index contributed by atoms with van der Waals surface area (Å²) in [5.74, 6) is 0.982. The van der Waals surface area contributed by atoms with Gasteiger partial charge in [0.2, 0.25) is 0 Å². The standard InChI is InChI=1S/C25H31NO/c1-3-4-5-8-17-26-18-24-23-10-7-6-9-22(23)15-16-25(24)27-19-21-13-11-20(2)12-14-21/h6-7,9-16,26H,3-5,8,17-19H2,1-2H3. The van der Waals surface area contributed by atoms with Crippen molar-refractivity contribution < 1.29 is 4.74 Å². The minimum Gasteiger partial charge on any atom is -0.489 e. The van der Waals surface area contributed by atoms with E-state index in [2.05, 4.69) is 79.8 Å². The topological polar surface area (TPSA) is 21.3 Å². The lowest BCUT2D eigenvalue weighted by Crippen LogP contribution is -2.16. The first-order valence-corrected chi connectivity index (χ1v) is 10.2. The Morgan fingerprint density at radius 3 is 2.48 bits per heavy atom. The van der Waals surface area contributed by atoms with Crippen molar-refractivity contribution in [3.05, 3.63) is 77.4 Å². The van der Waals surface area contributed by atoms with Crippen molar-refractivity contribution in [2.24, 2.45) is 0 Å². The van der Waals surface area contributed by atoms with Gasteiger partial charge in [-0.1, -0.05) is 86.3 Å². The van der Waals surface area contributed by atoms with Gasteiger partial charge in [0.15, 0.2) is 0 Å². The third kappa shape index (κ3) is 5.58. The number of fused-ring (bicyclic) bond motifs is 1. The van der Waals surface area contributed by atoms with Gasteiger partial charge in [-0.05, 0) is 42.3 Å². The Morgan fingerprint density at radius 2 is 1.67 bits per heavy atom. The van der Waals surface area contributed by atoms with E-state index in [0.717, 1.165) is 18.8 Å². The number of rotatable bonds is 10. The molecular weight excluding hydrogens is 330 g/mol. The first-order chi connectivity index (χ1) is 13.3. The van der Waals surface area contributed by atoms with Crippen LogP contribution in [0.25, 0.3) is 10.8 Å². The molecule has 0 fully saturated rings. The van der Waals surface area contributed by atoms with E-state index in [1.807, 2.05) is 0 Å². The van der Waals surface area contributed by atoms with Crippen LogP contribution in [0.15, 0.2) is 60.7 Å². The SMILES string of the molecule is CCCCCCNCc1c(OCc2ccc(C)cc2)ccc2ccccc12. The molecule has 2 nitrogen and oxygen atoms in total. The molecule has 3 rings (SSSR count). The van der Waals surface area contributed by atoms with Gasteiger partial charge in [-0.3, -0.25) is 0 Å². The molecule has 27 heavy (non-hydrogen) atoms. The third-order valence-electron chi connectivity index (χ3n) is 5.02. The monoisotopic (exact) mass is 361 g/mol. The lowest BCUT2D eigenvalue weighted by Gasteiger charge is -2.15. The average Bonchev–Trinajstić information content (AvgIpc) is 2.70. The smallest absolute Gasteiger partial charge is 0.124 e. The number of aryl methyl sites for hydroxylation is 1. The molecule has 142 valence electrons. The maximum atomic E-state index is 6.23. The molecule has 0 radical (unpaired) electrons. The van der Waals surface area contributed by atoms with Crippen molar-refractivity contribution in [3.8, 4) is 5.75 Å². The van der Waals surface area contributed by atoms with E-state index in [4.69, 9.17) is 4.74 Å². The van der Waals surface area contributed by atoms with Crippen molar-refractivity contribution in [2.45, 2.75) is 52.7 Å². The van der Waals surface area contributed by atoms with E-state index < -0.39 is 0 Å². The van der Waals surface area contributed by atoms with Crippen LogP contribution in [0.5, 0.6) is 5.75 Å². The predicted molar refractivity (Wildman–Crippen MR) is 115 cm³/mol. The van der Waals surface area contributed by atoms with Crippen molar-refractivity contribution in [2.75, 3.05) is 6.54 Å². The quantitative estimate of drug-likeness (QED) is 0.422. The van der Waals surface area contributed by atoms with E-state index in [-0.39, 0.29) is 0 Å². The van der Waals surface area contributed by atoms with Crippen LogP contribution in [0.3, 0.4) is 0 Å². The molecule has 3 aromatic rings. The highest BCUT2D eigenvalue weighted by atomic mass is 16.5. The van der Waals surface area contributed by atoms with Crippen LogP contribution >= 0.6 is 0 Å². The molecule has 0 atom stereocenters. The molecule has 3 aromatic carbocycles. The van der Waals surface area contributed by atoms with Gasteiger partial charge in [-0.2, -0.15) is 0 Å². The van der Waals surface area contributed by atoms with E-state index in [9.17, 15) is 0 Å². The second-order valence-electron chi connectivity index (χ2n) is 7.28. The molecule has 0 heterocycles. The fourth-order valence-electron chi connectivity index (χ4n) is 3.37. The van der Waals surface area contributed by atoms with Gasteiger partial charge in [0.05, 0.1) is 0 Å². The molecule has 0 aliphatic heterocycles. The van der Waals surface area contributed by atoms with Gasteiger partial charge in [-0.15, -0.1) is 0 Å². The van der Waals surface area contributed by atoms with E-state index in [0.29, 0.717) is 6.61 Å². The van der Waals surface area contributed by atoms with Gasteiger partial charge in [0.1, 0.15) is 12.4 Å². The minimum absolute atomic E-state index is 0.599. The number of benzene rings is 3. The van der Waals surface area contributed by atoms with Crippen molar-refractivity contribution in [1.82, 2.24) is 5.32 Å². The highest BCUT2D eigenvalue weighted by molar-refractivity contribution is 5.87. The molecule has 0 amide bonds. The van der Waals surface area contributed by atoms with Crippen LogP contribution in [0.2, 0.25) is 0 Å². The molecule has 0 bridgehead atoms. The van der Waals surface area contributed by atoms with E-state index >= 15 is 0 Å². The molecule has 1 N–H and O–H groups in total. The van der Waals surface area contributed by atoms with Crippen LogP contribution in [0.1, 0.15) is 49.3 Å². The molecule has 0 aromatic heterocycles. The Bertz CT molecular complexity index is 839. The number of hydrogen-bond acceptors (Lipinski definition) is 2. The van der Waals surface area contributed by atoms with Crippen LogP contribution in [0.4, 0.5) is 0 Å². The second kappa shape index (κ2) is 10.1. The van der Waals surface area contributed by atoms with Crippen molar-refractivity contribution in [1.29, 1.82) is 0 Å². The van der Waals surface area contributed by atoms with Gasteiger partial charge < -0.3 is 10.1 Å². The van der Waals surface area contributed by atoms with Crippen LogP contribution in [-0.4, -0.2) is 6.54 Å². The normalized spacial score (nSPS) is 11.0. The molecule has 0 aliphatic rings. The van der Waals surface area contributed by atoms with Crippen LogP contribution < -0.4 is 10.1 Å². The zero-order valence-corrected chi connectivity index (χ0v) is 16.6. The molecular formula is C25H31NO. The molecule has 0 unspecified atom stereocenters. The zero-order chi connectivity index (χ0) is 18.9. The molecule has 0 saturated carbocycles. The fourth-order valence-corrected chi connectivity index (χ4v) is 3.37. The Hall–Kier alpha value is -2.32. The summed E-state index contributed by atoms with van der Waals surface area (Å²) in [6.07, 6.45) is 5.13. The molecule has 0 saturated heterocycles. The summed E-state index contributed by atoms with van der Waals surface area (Å²) in [6.45, 7) is 6.86. The summed E-state index contributed by atoms with van der Waals surface area (Å²) in [5.41, 5.74) is 3.74. The Kier molecular flexibility index (Phi) is 7.29. The summed E-state index contributed by atoms with van der Waals surface area (Å²) in [7, 11) is 0. The van der Waals surface area contributed by atoms with Gasteiger partial charge in [-0.25, -0.2) is 0 Å². The Morgan fingerprint density at radius 1 is 0.852 bits per heavy atom. The first kappa shape index (κ1) is 19.4. The lowest BCUT2D eigenvalue weighted by molar-refractivity contribution is 0.302. The van der Waals surface area contributed by atoms with E-state index in [1.54, 1.807) is 0 Å². The van der Waals surface area contributed by atoms with E-state index in [1.165, 1.54) is 53.1 Å². The third-order valence-corrected chi connectivity index (χ3v) is 5.02. The second-order valence-corrected chi connectivity index (χ2v) is 7.28. The van der Waals surface area contributed by atoms with Gasteiger partial charge in [0.25, 0.3) is 0 Å². The number of hydrogen-bond donors (Lipinski definition) is 1. The summed E-state index contributed by atoms with van der Waals surface area (Å²) in [6, 6.07) is 21.4. The molecule has 0 aliphatic carbocycles. The highest BCUT2D eigenvalue weighted by Gasteiger charge is 2.09. The lowest BCUT2D eigenvalue weighted by atomic mass is 10.0. The van der Waals surface area contributed by atoms with Crippen LogP contribution in [-0.2, 0) is 13.2 Å². The predicted octanol–water partition coefficient (Wildman–Crippen LogP) is 6.40. The van der Waals surface area contributed by atoms with Crippen molar-refractivity contribution in [3.63, 3.8) is 0 Å². The Balaban J connectivity index is 1.71. The molecule has 0 spiro atoms. The summed E-state index contributed by atoms with van der Waals surface area (Å²) >= 11 is 0. The van der Waals surface area contributed by atoms with Crippen LogP contribution in [0, 0.1) is 6.92 Å². The maximum Gasteiger partial charge on any atom is 0.124 e. The van der Waals surface area contributed by atoms with Gasteiger partial charge in [0, 0.05) is 12.1 Å². The highest BCUT2D eigenvalue weighted by Crippen LogP contribution is 2.29. The number of ether oxygens (including phenoxy) is 1. The zero-order valence-electron chi connectivity index (χ0n) is 16.6. The minimum atomic E-state index is 0.599.